The predicted molar refractivity (Wildman–Crippen MR) is 52.1 cm³/mol. The fourth-order valence-corrected chi connectivity index (χ4v) is 1.18. The van der Waals surface area contributed by atoms with Crippen molar-refractivity contribution in [2.75, 3.05) is 19.2 Å². The molecular formula is C8H17O5RfS-. The van der Waals surface area contributed by atoms with E-state index in [2.05, 4.69) is 7.11 Å². The van der Waals surface area contributed by atoms with Gasteiger partial charge in [0.15, 0.2) is 5.94 Å². The van der Waals surface area contributed by atoms with E-state index in [0.717, 1.165) is 6.42 Å². The van der Waals surface area contributed by atoms with Crippen LogP contribution in [0.4, 0.5) is 0 Å². The van der Waals surface area contributed by atoms with Crippen molar-refractivity contribution >= 4 is 10.1 Å². The molecule has 0 spiro atoms. The normalized spacial score (nSPS) is 15.5. The zero-order valence-electron chi connectivity index (χ0n) is 9.23. The zero-order chi connectivity index (χ0) is 11.2. The Morgan fingerprint density at radius 1 is 1.40 bits per heavy atom. The van der Waals surface area contributed by atoms with Crippen molar-refractivity contribution in [3.05, 3.63) is 7.11 Å². The molecule has 0 aromatic rings. The Hall–Kier alpha value is -1.17. The van der Waals surface area contributed by atoms with E-state index in [1.807, 2.05) is 13.8 Å². The average Bonchev–Trinajstić information content (AvgIpc) is 2.02. The summed E-state index contributed by atoms with van der Waals surface area (Å²) in [5, 5.41) is 0. The van der Waals surface area contributed by atoms with Crippen LogP contribution in [0.1, 0.15) is 20.3 Å². The molecule has 0 saturated carbocycles. The summed E-state index contributed by atoms with van der Waals surface area (Å²) < 4.78 is 38.7. The van der Waals surface area contributed by atoms with Crippen molar-refractivity contribution in [3.8, 4) is 0 Å². The van der Waals surface area contributed by atoms with Crippen molar-refractivity contribution in [3.63, 3.8) is 0 Å². The third kappa shape index (κ3) is 7.87. The molecule has 0 amide bonds. The minimum absolute atomic E-state index is 0. The predicted octanol–water partition coefficient (Wildman–Crippen LogP) is 1.07. The van der Waals surface area contributed by atoms with Gasteiger partial charge in [-0.2, -0.15) is 8.42 Å². The van der Waals surface area contributed by atoms with Crippen LogP contribution in [-0.2, 0) is 19.6 Å². The SMILES string of the molecule is [CH2-]OCC(C)(CC)COCS(=O)(=O)O.[Rf]. The topological polar surface area (TPSA) is 72.8 Å². The second-order valence-electron chi connectivity index (χ2n) is 3.56. The molecule has 5 nitrogen and oxygen atoms in total. The van der Waals surface area contributed by atoms with Gasteiger partial charge in [0.25, 0.3) is 10.1 Å². The third-order valence-electron chi connectivity index (χ3n) is 1.99. The van der Waals surface area contributed by atoms with E-state index in [0.29, 0.717) is 6.61 Å². The molecule has 88 valence electrons. The summed E-state index contributed by atoms with van der Waals surface area (Å²) in [6, 6.07) is 0. The van der Waals surface area contributed by atoms with Gasteiger partial charge in [0.05, 0.1) is 6.61 Å². The van der Waals surface area contributed by atoms with Gasteiger partial charge in [-0.1, -0.05) is 13.8 Å². The first-order valence-corrected chi connectivity index (χ1v) is 5.84. The molecule has 0 aromatic carbocycles. The Balaban J connectivity index is 0. The molecule has 1 atom stereocenters. The van der Waals surface area contributed by atoms with Crippen LogP contribution in [0.5, 0.6) is 0 Å². The Kier molecular flexibility index (Phi) is 6.87. The zero-order valence-corrected chi connectivity index (χ0v) is 16.4. The standard InChI is InChI=1S/C8H17O5S.Rf/c1-4-8(2,5-12-3)6-13-7-14(9,10)11;/h3-7H2,1-2H3,(H,9,10,11);/q-1;. The fourth-order valence-electron chi connectivity index (χ4n) is 0.886. The molecule has 0 bridgehead atoms. The van der Waals surface area contributed by atoms with Gasteiger partial charge >= 0.3 is 0 Å². The summed E-state index contributed by atoms with van der Waals surface area (Å²) in [7, 11) is -0.796. The van der Waals surface area contributed by atoms with Gasteiger partial charge < -0.3 is 9.47 Å². The summed E-state index contributed by atoms with van der Waals surface area (Å²) in [6.45, 7) is 4.42. The molecule has 0 saturated heterocycles. The van der Waals surface area contributed by atoms with Crippen molar-refractivity contribution in [2.45, 2.75) is 20.3 Å². The molecule has 1 N–H and O–H groups in total. The fraction of sp³-hybridized carbons (Fsp3) is 0.875. The average molecular weight is 492 g/mol. The van der Waals surface area contributed by atoms with Crippen LogP contribution in [0.15, 0.2) is 0 Å². The minimum atomic E-state index is -4.05. The molecule has 0 aliphatic rings. The van der Waals surface area contributed by atoms with Crippen molar-refractivity contribution in [1.82, 2.24) is 0 Å². The van der Waals surface area contributed by atoms with E-state index < -0.39 is 16.1 Å². The van der Waals surface area contributed by atoms with E-state index in [1.54, 1.807) is 0 Å². The van der Waals surface area contributed by atoms with Crippen LogP contribution in [0, 0.1) is 12.5 Å². The van der Waals surface area contributed by atoms with Gasteiger partial charge in [-0.25, -0.2) is 7.11 Å². The summed E-state index contributed by atoms with van der Waals surface area (Å²) >= 11 is 0. The van der Waals surface area contributed by atoms with Crippen LogP contribution in [0.25, 0.3) is 0 Å². The van der Waals surface area contributed by atoms with Crippen molar-refractivity contribution in [2.24, 2.45) is 5.41 Å². The molecular weight excluding hydrogens is 475 g/mol. The molecule has 7 heteroatoms. The Morgan fingerprint density at radius 3 is 2.27 bits per heavy atom. The van der Waals surface area contributed by atoms with Crippen LogP contribution in [-0.4, -0.2) is 32.1 Å². The Labute approximate surface area is 85.1 Å². The second-order valence-corrected chi connectivity index (χ2v) is 4.96. The van der Waals surface area contributed by atoms with E-state index in [-0.39, 0.29) is 12.0 Å². The van der Waals surface area contributed by atoms with E-state index in [1.165, 1.54) is 0 Å². The van der Waals surface area contributed by atoms with Gasteiger partial charge in [-0.15, -0.1) is 0 Å². The van der Waals surface area contributed by atoms with Gasteiger partial charge in [0.1, 0.15) is 0 Å². The van der Waals surface area contributed by atoms with Gasteiger partial charge in [0.2, 0.25) is 0 Å². The van der Waals surface area contributed by atoms with Crippen molar-refractivity contribution in [1.29, 1.82) is 0 Å². The van der Waals surface area contributed by atoms with Gasteiger partial charge in [-0.3, -0.25) is 4.55 Å². The number of hydrogen-bond acceptors (Lipinski definition) is 4. The smallest absolute Gasteiger partial charge is 0.289 e. The molecule has 1 unspecified atom stereocenters. The van der Waals surface area contributed by atoms with E-state index in [4.69, 9.17) is 14.0 Å². The minimum Gasteiger partial charge on any atom is -0.555 e. The van der Waals surface area contributed by atoms with Crippen LogP contribution < -0.4 is 0 Å². The summed E-state index contributed by atoms with van der Waals surface area (Å²) in [5.41, 5.74) is -0.271. The maximum atomic E-state index is 10.4. The van der Waals surface area contributed by atoms with E-state index >= 15 is 0 Å². The monoisotopic (exact) mass is 492 g/mol. The number of hydrogen-bond donors (Lipinski definition) is 1. The maximum Gasteiger partial charge on any atom is 0.289 e. The van der Waals surface area contributed by atoms with E-state index in [9.17, 15) is 8.42 Å². The van der Waals surface area contributed by atoms with Crippen molar-refractivity contribution < 1.29 is 22.4 Å². The van der Waals surface area contributed by atoms with Crippen LogP contribution in [0.2, 0.25) is 0 Å². The molecule has 0 aliphatic carbocycles. The number of ether oxygens (including phenoxy) is 2. The Morgan fingerprint density at radius 2 is 1.93 bits per heavy atom. The summed E-state index contributed by atoms with van der Waals surface area (Å²) in [6.07, 6.45) is 0.772. The largest absolute Gasteiger partial charge is 0.555 e. The molecule has 0 heterocycles. The second kappa shape index (κ2) is 6.34. The summed E-state index contributed by atoms with van der Waals surface area (Å²) in [4.78, 5) is 0. The van der Waals surface area contributed by atoms with Gasteiger partial charge in [-0.05, 0) is 6.42 Å². The molecule has 0 rings (SSSR count). The first-order valence-electron chi connectivity index (χ1n) is 4.23. The van der Waals surface area contributed by atoms with Gasteiger partial charge in [0, 0.05) is 12.0 Å². The maximum absolute atomic E-state index is 10.4. The Bertz CT molecular complexity index is 254. The quantitative estimate of drug-likeness (QED) is 0.426. The van der Waals surface area contributed by atoms with Crippen LogP contribution >= 0.6 is 0 Å². The molecule has 0 aromatic heterocycles. The molecule has 15 heavy (non-hydrogen) atoms. The van der Waals surface area contributed by atoms with Crippen LogP contribution in [0.3, 0.4) is 0 Å². The third-order valence-corrected chi connectivity index (χ3v) is 2.45. The molecule has 0 aliphatic heterocycles. The summed E-state index contributed by atoms with van der Waals surface area (Å²) in [5.74, 6) is -0.681. The molecule has 0 fully saturated rings. The number of rotatable bonds is 7. The first kappa shape index (κ1) is 16.3. The molecule has 0 radical (unpaired) electrons. The first-order chi connectivity index (χ1) is 6.33.